The van der Waals surface area contributed by atoms with E-state index in [2.05, 4.69) is 22.3 Å². The minimum atomic E-state index is -0.845. The quantitative estimate of drug-likeness (QED) is 0.692. The van der Waals surface area contributed by atoms with Crippen molar-refractivity contribution in [3.8, 4) is 0 Å². The Balaban J connectivity index is 1.39. The zero-order chi connectivity index (χ0) is 22.2. The molecule has 2 aromatic carbocycles. The van der Waals surface area contributed by atoms with Crippen molar-refractivity contribution in [2.45, 2.75) is 26.4 Å². The van der Waals surface area contributed by atoms with E-state index in [0.29, 0.717) is 18.7 Å². The molecule has 1 aliphatic rings. The summed E-state index contributed by atoms with van der Waals surface area (Å²) >= 11 is 0. The number of amides is 2. The Morgan fingerprint density at radius 2 is 1.61 bits per heavy atom. The van der Waals surface area contributed by atoms with E-state index >= 15 is 0 Å². The van der Waals surface area contributed by atoms with Gasteiger partial charge in [0.05, 0.1) is 6.42 Å². The molecule has 3 rings (SSSR count). The minimum Gasteiger partial charge on any atom is -0.452 e. The highest BCUT2D eigenvalue weighted by molar-refractivity contribution is 5.95. The van der Waals surface area contributed by atoms with Gasteiger partial charge in [-0.3, -0.25) is 14.4 Å². The van der Waals surface area contributed by atoms with Gasteiger partial charge in [0.25, 0.3) is 11.8 Å². The summed E-state index contributed by atoms with van der Waals surface area (Å²) in [7, 11) is 0. The van der Waals surface area contributed by atoms with Crippen LogP contribution in [0.2, 0.25) is 0 Å². The van der Waals surface area contributed by atoms with Crippen molar-refractivity contribution < 1.29 is 19.1 Å². The van der Waals surface area contributed by atoms with E-state index < -0.39 is 12.1 Å². The lowest BCUT2D eigenvalue weighted by molar-refractivity contribution is -0.159. The zero-order valence-electron chi connectivity index (χ0n) is 18.0. The van der Waals surface area contributed by atoms with Crippen molar-refractivity contribution in [1.29, 1.82) is 0 Å². The normalized spacial score (nSPS) is 14.6. The lowest BCUT2D eigenvalue weighted by Gasteiger charge is -2.37. The molecule has 0 radical (unpaired) electrons. The van der Waals surface area contributed by atoms with Crippen molar-refractivity contribution in [3.63, 3.8) is 0 Å². The van der Waals surface area contributed by atoms with Gasteiger partial charge in [-0.1, -0.05) is 36.4 Å². The summed E-state index contributed by atoms with van der Waals surface area (Å²) in [5.74, 6) is -0.926. The van der Waals surface area contributed by atoms with E-state index in [-0.39, 0.29) is 24.8 Å². The predicted molar refractivity (Wildman–Crippen MR) is 119 cm³/mol. The summed E-state index contributed by atoms with van der Waals surface area (Å²) in [6.45, 7) is 6.25. The number of benzene rings is 2. The maximum atomic E-state index is 12.6. The van der Waals surface area contributed by atoms with Gasteiger partial charge in [-0.05, 0) is 37.6 Å². The fourth-order valence-electron chi connectivity index (χ4n) is 3.59. The number of aryl methyl sites for hydroxylation is 1. The van der Waals surface area contributed by atoms with Gasteiger partial charge in [-0.15, -0.1) is 0 Å². The van der Waals surface area contributed by atoms with Crippen LogP contribution in [0.1, 0.15) is 29.3 Å². The number of rotatable bonds is 7. The van der Waals surface area contributed by atoms with Crippen LogP contribution in [-0.2, 0) is 14.3 Å². The molecule has 0 saturated carbocycles. The topological polar surface area (TPSA) is 78.9 Å². The van der Waals surface area contributed by atoms with Crippen molar-refractivity contribution in [1.82, 2.24) is 10.2 Å². The number of nitrogens with one attached hydrogen (secondary N) is 1. The molecule has 0 aromatic heterocycles. The molecule has 1 aliphatic heterocycles. The van der Waals surface area contributed by atoms with Crippen LogP contribution >= 0.6 is 0 Å². The van der Waals surface area contributed by atoms with E-state index in [0.717, 1.165) is 24.3 Å². The first-order chi connectivity index (χ1) is 15.0. The van der Waals surface area contributed by atoms with Gasteiger partial charge < -0.3 is 19.9 Å². The third kappa shape index (κ3) is 6.07. The second-order valence-corrected chi connectivity index (χ2v) is 7.60. The summed E-state index contributed by atoms with van der Waals surface area (Å²) < 4.78 is 5.29. The molecule has 1 saturated heterocycles. The van der Waals surface area contributed by atoms with E-state index in [9.17, 15) is 14.4 Å². The number of piperazine rings is 1. The molecule has 164 valence electrons. The summed E-state index contributed by atoms with van der Waals surface area (Å²) in [6.07, 6.45) is -0.834. The van der Waals surface area contributed by atoms with Crippen molar-refractivity contribution >= 4 is 23.5 Å². The Morgan fingerprint density at radius 1 is 0.968 bits per heavy atom. The number of anilines is 1. The highest BCUT2D eigenvalue weighted by atomic mass is 16.5. The fraction of sp³-hybridized carbons (Fsp3) is 0.375. The first kappa shape index (κ1) is 22.3. The summed E-state index contributed by atoms with van der Waals surface area (Å²) in [5.41, 5.74) is 2.59. The Bertz CT molecular complexity index is 908. The molecule has 1 heterocycles. The SMILES string of the molecule is Cc1ccccc1C(=O)NCCC(=O)OC(C)C(=O)N1CCN(c2ccccc2)CC1. The number of carbonyl (C=O) groups is 3. The number of hydrogen-bond donors (Lipinski definition) is 1. The second-order valence-electron chi connectivity index (χ2n) is 7.60. The molecule has 1 N–H and O–H groups in total. The van der Waals surface area contributed by atoms with Crippen LogP contribution in [0.3, 0.4) is 0 Å². The number of carbonyl (C=O) groups excluding carboxylic acids is 3. The molecular formula is C24H29N3O4. The van der Waals surface area contributed by atoms with Crippen LogP contribution in [0.4, 0.5) is 5.69 Å². The van der Waals surface area contributed by atoms with Crippen LogP contribution in [0.5, 0.6) is 0 Å². The smallest absolute Gasteiger partial charge is 0.308 e. The number of esters is 1. The van der Waals surface area contributed by atoms with Crippen molar-refractivity contribution in [2.75, 3.05) is 37.6 Å². The maximum Gasteiger partial charge on any atom is 0.308 e. The average molecular weight is 424 g/mol. The monoisotopic (exact) mass is 423 g/mol. The summed E-state index contributed by atoms with van der Waals surface area (Å²) in [6, 6.07) is 17.3. The first-order valence-electron chi connectivity index (χ1n) is 10.6. The van der Waals surface area contributed by atoms with Gasteiger partial charge in [0.15, 0.2) is 6.10 Å². The molecule has 0 bridgehead atoms. The van der Waals surface area contributed by atoms with E-state index in [1.807, 2.05) is 37.3 Å². The van der Waals surface area contributed by atoms with E-state index in [1.54, 1.807) is 24.0 Å². The molecule has 0 spiro atoms. The third-order valence-corrected chi connectivity index (χ3v) is 5.37. The van der Waals surface area contributed by atoms with Crippen molar-refractivity contribution in [2.24, 2.45) is 0 Å². The van der Waals surface area contributed by atoms with Crippen molar-refractivity contribution in [3.05, 3.63) is 65.7 Å². The molecule has 2 amide bonds. The molecule has 7 nitrogen and oxygen atoms in total. The lowest BCUT2D eigenvalue weighted by atomic mass is 10.1. The van der Waals surface area contributed by atoms with E-state index in [1.165, 1.54) is 0 Å². The largest absolute Gasteiger partial charge is 0.452 e. The van der Waals surface area contributed by atoms with Crippen LogP contribution in [-0.4, -0.2) is 61.5 Å². The van der Waals surface area contributed by atoms with Gasteiger partial charge in [0.1, 0.15) is 0 Å². The van der Waals surface area contributed by atoms with Crippen LogP contribution in [0, 0.1) is 6.92 Å². The standard InChI is InChI=1S/C24H29N3O4/c1-18-8-6-7-11-21(18)23(29)25-13-12-22(28)31-19(2)24(30)27-16-14-26(15-17-27)20-9-4-3-5-10-20/h3-11,19H,12-17H2,1-2H3,(H,25,29). The predicted octanol–water partition coefficient (Wildman–Crippen LogP) is 2.40. The number of nitrogens with zero attached hydrogens (tertiary/aromatic N) is 2. The molecule has 31 heavy (non-hydrogen) atoms. The molecule has 1 unspecified atom stereocenters. The highest BCUT2D eigenvalue weighted by Crippen LogP contribution is 2.16. The lowest BCUT2D eigenvalue weighted by Crippen LogP contribution is -2.51. The van der Waals surface area contributed by atoms with Gasteiger partial charge >= 0.3 is 5.97 Å². The third-order valence-electron chi connectivity index (χ3n) is 5.37. The second kappa shape index (κ2) is 10.6. The van der Waals surface area contributed by atoms with Gasteiger partial charge in [0, 0.05) is 44.0 Å². The van der Waals surface area contributed by atoms with Crippen LogP contribution < -0.4 is 10.2 Å². The Morgan fingerprint density at radius 3 is 2.29 bits per heavy atom. The summed E-state index contributed by atoms with van der Waals surface area (Å²) in [4.78, 5) is 40.9. The van der Waals surface area contributed by atoms with Crippen LogP contribution in [0.15, 0.2) is 54.6 Å². The minimum absolute atomic E-state index is 0.0109. The molecule has 2 aromatic rings. The number of ether oxygens (including phenoxy) is 1. The summed E-state index contributed by atoms with van der Waals surface area (Å²) in [5, 5.41) is 2.72. The molecule has 1 atom stereocenters. The Kier molecular flexibility index (Phi) is 7.65. The Labute approximate surface area is 183 Å². The molecular weight excluding hydrogens is 394 g/mol. The van der Waals surface area contributed by atoms with Gasteiger partial charge in [-0.25, -0.2) is 0 Å². The zero-order valence-corrected chi connectivity index (χ0v) is 18.0. The number of para-hydroxylation sites is 1. The molecule has 1 fully saturated rings. The van der Waals surface area contributed by atoms with Crippen LogP contribution in [0.25, 0.3) is 0 Å². The molecule has 7 heteroatoms. The van der Waals surface area contributed by atoms with Gasteiger partial charge in [0.2, 0.25) is 0 Å². The maximum absolute atomic E-state index is 12.6. The Hall–Kier alpha value is -3.35. The highest BCUT2D eigenvalue weighted by Gasteiger charge is 2.27. The fourth-order valence-corrected chi connectivity index (χ4v) is 3.59. The average Bonchev–Trinajstić information content (AvgIpc) is 2.79. The van der Waals surface area contributed by atoms with E-state index in [4.69, 9.17) is 4.74 Å². The first-order valence-corrected chi connectivity index (χ1v) is 10.6. The molecule has 0 aliphatic carbocycles. The van der Waals surface area contributed by atoms with Gasteiger partial charge in [-0.2, -0.15) is 0 Å². The number of hydrogen-bond acceptors (Lipinski definition) is 5.